The van der Waals surface area contributed by atoms with Gasteiger partial charge in [-0.2, -0.15) is 0 Å². The van der Waals surface area contributed by atoms with Crippen LogP contribution in [0.4, 0.5) is 0 Å². The standard InChI is InChI=1S/C22H27N3O2/c1-14-10-20(15(2)25(14)19-6-4-3-5-7-19)22(27)24-23-21(26)13-18-12-16-8-9-17(18)11-16/h3-7,10,16-18H,8-9,11-13H2,1-2H3,(H,23,26)(H,24,27)/t16-,17-,18-/m1/s1. The number of fused-ring (bicyclic) bond motifs is 2. The van der Waals surface area contributed by atoms with Gasteiger partial charge in [0, 0.05) is 23.5 Å². The number of benzene rings is 1. The van der Waals surface area contributed by atoms with Gasteiger partial charge in [0.05, 0.1) is 5.56 Å². The summed E-state index contributed by atoms with van der Waals surface area (Å²) in [5, 5.41) is 0. The predicted molar refractivity (Wildman–Crippen MR) is 104 cm³/mol. The molecule has 1 aromatic heterocycles. The van der Waals surface area contributed by atoms with Crippen molar-refractivity contribution in [3.8, 4) is 5.69 Å². The molecule has 3 atom stereocenters. The minimum absolute atomic E-state index is 0.0854. The van der Waals surface area contributed by atoms with Crippen LogP contribution in [-0.2, 0) is 4.79 Å². The van der Waals surface area contributed by atoms with E-state index in [2.05, 4.69) is 10.9 Å². The maximum Gasteiger partial charge on any atom is 0.271 e. The number of hydrazine groups is 1. The molecule has 0 unspecified atom stereocenters. The molecule has 0 saturated heterocycles. The second-order valence-electron chi connectivity index (χ2n) is 8.10. The molecule has 2 saturated carbocycles. The van der Waals surface area contributed by atoms with E-state index in [9.17, 15) is 9.59 Å². The zero-order chi connectivity index (χ0) is 19.0. The van der Waals surface area contributed by atoms with Gasteiger partial charge in [-0.05, 0) is 69.1 Å². The van der Waals surface area contributed by atoms with E-state index in [4.69, 9.17) is 0 Å². The van der Waals surface area contributed by atoms with Crippen LogP contribution in [0.5, 0.6) is 0 Å². The SMILES string of the molecule is Cc1cc(C(=O)NNC(=O)C[C@H]2C[C@@H]3CC[C@@H]2C3)c(C)n1-c1ccccc1. The van der Waals surface area contributed by atoms with Crippen LogP contribution in [0.2, 0.25) is 0 Å². The van der Waals surface area contributed by atoms with E-state index in [1.54, 1.807) is 0 Å². The molecule has 27 heavy (non-hydrogen) atoms. The van der Waals surface area contributed by atoms with Gasteiger partial charge >= 0.3 is 0 Å². The highest BCUT2D eigenvalue weighted by molar-refractivity contribution is 5.97. The fourth-order valence-electron chi connectivity index (χ4n) is 5.08. The second kappa shape index (κ2) is 7.22. The number of aromatic nitrogens is 1. The lowest BCUT2D eigenvalue weighted by atomic mass is 9.86. The van der Waals surface area contributed by atoms with Crippen molar-refractivity contribution in [3.63, 3.8) is 0 Å². The molecule has 2 fully saturated rings. The maximum atomic E-state index is 12.6. The average Bonchev–Trinajstić information content (AvgIpc) is 3.35. The molecule has 1 aromatic carbocycles. The zero-order valence-corrected chi connectivity index (χ0v) is 16.0. The highest BCUT2D eigenvalue weighted by atomic mass is 16.2. The number of carbonyl (C=O) groups excluding carboxylic acids is 2. The van der Waals surface area contributed by atoms with E-state index in [1.165, 1.54) is 25.7 Å². The maximum absolute atomic E-state index is 12.6. The van der Waals surface area contributed by atoms with Crippen LogP contribution in [-0.4, -0.2) is 16.4 Å². The zero-order valence-electron chi connectivity index (χ0n) is 16.0. The number of hydrogen-bond acceptors (Lipinski definition) is 2. The molecule has 5 heteroatoms. The molecular formula is C22H27N3O2. The number of carbonyl (C=O) groups is 2. The van der Waals surface area contributed by atoms with Gasteiger partial charge in [-0.25, -0.2) is 0 Å². The summed E-state index contributed by atoms with van der Waals surface area (Å²) >= 11 is 0. The van der Waals surface area contributed by atoms with Crippen LogP contribution in [0.25, 0.3) is 5.69 Å². The molecule has 142 valence electrons. The van der Waals surface area contributed by atoms with Crippen LogP contribution in [0.1, 0.15) is 53.8 Å². The van der Waals surface area contributed by atoms with E-state index in [0.717, 1.165) is 23.0 Å². The van der Waals surface area contributed by atoms with Crippen molar-refractivity contribution < 1.29 is 9.59 Å². The van der Waals surface area contributed by atoms with Crippen LogP contribution in [0.3, 0.4) is 0 Å². The minimum Gasteiger partial charge on any atom is -0.318 e. The molecule has 5 nitrogen and oxygen atoms in total. The van der Waals surface area contributed by atoms with Gasteiger partial charge in [0.2, 0.25) is 5.91 Å². The van der Waals surface area contributed by atoms with Crippen LogP contribution < -0.4 is 10.9 Å². The molecule has 2 aliphatic carbocycles. The predicted octanol–water partition coefficient (Wildman–Crippen LogP) is 3.68. The number of aryl methyl sites for hydroxylation is 1. The summed E-state index contributed by atoms with van der Waals surface area (Å²) in [7, 11) is 0. The summed E-state index contributed by atoms with van der Waals surface area (Å²) in [6.07, 6.45) is 5.57. The smallest absolute Gasteiger partial charge is 0.271 e. The minimum atomic E-state index is -0.272. The summed E-state index contributed by atoms with van der Waals surface area (Å²) in [6, 6.07) is 11.8. The molecule has 1 heterocycles. The second-order valence-corrected chi connectivity index (χ2v) is 8.10. The van der Waals surface area contributed by atoms with Gasteiger partial charge in [-0.15, -0.1) is 0 Å². The number of para-hydroxylation sites is 1. The third kappa shape index (κ3) is 3.51. The first-order chi connectivity index (χ1) is 13.0. The largest absolute Gasteiger partial charge is 0.318 e. The molecule has 2 amide bonds. The lowest BCUT2D eigenvalue weighted by Crippen LogP contribution is -2.42. The Balaban J connectivity index is 1.38. The Hall–Kier alpha value is -2.56. The molecule has 0 aliphatic heterocycles. The monoisotopic (exact) mass is 365 g/mol. The van der Waals surface area contributed by atoms with Crippen LogP contribution >= 0.6 is 0 Å². The Morgan fingerprint density at radius 2 is 1.85 bits per heavy atom. The van der Waals surface area contributed by atoms with Gasteiger partial charge in [-0.1, -0.05) is 24.6 Å². The first kappa shape index (κ1) is 17.8. The molecule has 2 N–H and O–H groups in total. The highest BCUT2D eigenvalue weighted by Gasteiger charge is 2.40. The van der Waals surface area contributed by atoms with Crippen LogP contribution in [0.15, 0.2) is 36.4 Å². The van der Waals surface area contributed by atoms with Gasteiger partial charge in [-0.3, -0.25) is 20.4 Å². The van der Waals surface area contributed by atoms with E-state index in [0.29, 0.717) is 23.8 Å². The Kier molecular flexibility index (Phi) is 4.77. The fraction of sp³-hybridized carbons (Fsp3) is 0.455. The van der Waals surface area contributed by atoms with Gasteiger partial charge < -0.3 is 4.57 Å². The van der Waals surface area contributed by atoms with Crippen molar-refractivity contribution in [1.82, 2.24) is 15.4 Å². The van der Waals surface area contributed by atoms with Crippen molar-refractivity contribution in [2.24, 2.45) is 17.8 Å². The van der Waals surface area contributed by atoms with E-state index < -0.39 is 0 Å². The van der Waals surface area contributed by atoms with E-state index in [-0.39, 0.29) is 11.8 Å². The molecule has 2 aliphatic rings. The van der Waals surface area contributed by atoms with Crippen molar-refractivity contribution in [3.05, 3.63) is 53.3 Å². The first-order valence-electron chi connectivity index (χ1n) is 9.86. The highest BCUT2D eigenvalue weighted by Crippen LogP contribution is 2.49. The Bertz CT molecular complexity index is 856. The summed E-state index contributed by atoms with van der Waals surface area (Å²) in [6.45, 7) is 3.90. The summed E-state index contributed by atoms with van der Waals surface area (Å²) < 4.78 is 2.05. The number of nitrogens with one attached hydrogen (secondary N) is 2. The molecule has 2 bridgehead atoms. The molecule has 4 rings (SSSR count). The number of amides is 2. The van der Waals surface area contributed by atoms with Crippen molar-refractivity contribution in [1.29, 1.82) is 0 Å². The topological polar surface area (TPSA) is 63.1 Å². The average molecular weight is 365 g/mol. The third-order valence-electron chi connectivity index (χ3n) is 6.34. The normalized spacial score (nSPS) is 23.4. The Morgan fingerprint density at radius 1 is 1.07 bits per heavy atom. The first-order valence-corrected chi connectivity index (χ1v) is 9.86. The Labute approximate surface area is 160 Å². The summed E-state index contributed by atoms with van der Waals surface area (Å²) in [5.74, 6) is 1.67. The molecule has 0 spiro atoms. The number of nitrogens with zero attached hydrogens (tertiary/aromatic N) is 1. The fourth-order valence-corrected chi connectivity index (χ4v) is 5.08. The lowest BCUT2D eigenvalue weighted by molar-refractivity contribution is -0.123. The number of hydrogen-bond donors (Lipinski definition) is 2. The molecule has 0 radical (unpaired) electrons. The third-order valence-corrected chi connectivity index (χ3v) is 6.34. The van der Waals surface area contributed by atoms with E-state index >= 15 is 0 Å². The number of rotatable bonds is 4. The van der Waals surface area contributed by atoms with Crippen molar-refractivity contribution >= 4 is 11.8 Å². The van der Waals surface area contributed by atoms with E-state index in [1.807, 2.05) is 54.8 Å². The van der Waals surface area contributed by atoms with Gasteiger partial charge in [0.25, 0.3) is 5.91 Å². The van der Waals surface area contributed by atoms with Crippen molar-refractivity contribution in [2.45, 2.75) is 46.0 Å². The summed E-state index contributed by atoms with van der Waals surface area (Å²) in [4.78, 5) is 24.9. The van der Waals surface area contributed by atoms with Gasteiger partial charge in [0.1, 0.15) is 0 Å². The quantitative estimate of drug-likeness (QED) is 0.812. The van der Waals surface area contributed by atoms with Crippen LogP contribution in [0, 0.1) is 31.6 Å². The lowest BCUT2D eigenvalue weighted by Gasteiger charge is -2.20. The molecule has 2 aromatic rings. The molecular weight excluding hydrogens is 338 g/mol. The Morgan fingerprint density at radius 3 is 2.52 bits per heavy atom. The summed E-state index contributed by atoms with van der Waals surface area (Å²) in [5.41, 5.74) is 8.66. The van der Waals surface area contributed by atoms with Crippen molar-refractivity contribution in [2.75, 3.05) is 0 Å². The van der Waals surface area contributed by atoms with Gasteiger partial charge in [0.15, 0.2) is 0 Å².